The molecule has 0 saturated carbocycles. The van der Waals surface area contributed by atoms with Crippen molar-refractivity contribution in [1.29, 1.82) is 0 Å². The maximum Gasteiger partial charge on any atom is 0 e. The van der Waals surface area contributed by atoms with Crippen LogP contribution in [0.5, 0.6) is 0 Å². The van der Waals surface area contributed by atoms with E-state index in [2.05, 4.69) is 6.20 Å². The van der Waals surface area contributed by atoms with E-state index in [0.29, 0.717) is 0 Å². The van der Waals surface area contributed by atoms with Gasteiger partial charge >= 0.3 is 0 Å². The van der Waals surface area contributed by atoms with E-state index < -0.39 is 0 Å². The smallest absolute Gasteiger partial charge is 0 e. The molecule has 1 aromatic heterocycles. The van der Waals surface area contributed by atoms with Crippen molar-refractivity contribution >= 4 is 5.84 Å². The van der Waals surface area contributed by atoms with E-state index in [0.717, 1.165) is 11.1 Å². The van der Waals surface area contributed by atoms with Crippen molar-refractivity contribution in [2.45, 2.75) is 20.8 Å². The third-order valence-corrected chi connectivity index (χ3v) is 1.55. The first-order valence-electron chi connectivity index (χ1n) is 3.22. The zero-order valence-corrected chi connectivity index (χ0v) is 9.89. The van der Waals surface area contributed by atoms with Gasteiger partial charge in [-0.3, -0.25) is 0 Å². The fourth-order valence-electron chi connectivity index (χ4n) is 0.766. The third-order valence-electron chi connectivity index (χ3n) is 1.55. The Labute approximate surface area is 92.4 Å². The second-order valence-electron chi connectivity index (χ2n) is 2.47. The summed E-state index contributed by atoms with van der Waals surface area (Å²) < 4.78 is 1.59. The Hall–Kier alpha value is 0.0539. The summed E-state index contributed by atoms with van der Waals surface area (Å²) in [6, 6.07) is 0. The molecular formula is C8H10N2Y-2. The van der Waals surface area contributed by atoms with E-state index in [1.165, 1.54) is 0 Å². The average molecular weight is 223 g/mol. The minimum atomic E-state index is 0. The van der Waals surface area contributed by atoms with Crippen LogP contribution in [0.25, 0.3) is 5.41 Å². The number of aryl methyl sites for hydroxylation is 2. The molecule has 1 heterocycles. The van der Waals surface area contributed by atoms with Gasteiger partial charge in [0.15, 0.2) is 0 Å². The average Bonchev–Trinajstić information content (AvgIpc) is 2.13. The standard InChI is InChI=1S/C8H10N2.Y/c1-6-4-10(8(3)9)5-7(6)2;/h4H,1-3H3;/q-2;. The molecular weight excluding hydrogens is 213 g/mol. The predicted octanol–water partition coefficient (Wildman–Crippen LogP) is 1.74. The quantitative estimate of drug-likeness (QED) is 0.364. The van der Waals surface area contributed by atoms with Crippen molar-refractivity contribution in [3.8, 4) is 0 Å². The van der Waals surface area contributed by atoms with Crippen molar-refractivity contribution in [2.24, 2.45) is 0 Å². The van der Waals surface area contributed by atoms with Crippen molar-refractivity contribution in [3.63, 3.8) is 0 Å². The number of aromatic nitrogens is 1. The molecule has 0 saturated heterocycles. The second kappa shape index (κ2) is 4.17. The first-order valence-corrected chi connectivity index (χ1v) is 3.22. The van der Waals surface area contributed by atoms with Gasteiger partial charge in [-0.15, -0.1) is 5.56 Å². The normalized spacial score (nSPS) is 9.00. The minimum absolute atomic E-state index is 0. The molecule has 0 aliphatic carbocycles. The number of hydrogen-bond acceptors (Lipinski definition) is 0. The summed E-state index contributed by atoms with van der Waals surface area (Å²) in [5.41, 5.74) is 2.22. The third kappa shape index (κ3) is 2.53. The molecule has 0 aliphatic heterocycles. The molecule has 2 nitrogen and oxygen atoms in total. The molecule has 0 aliphatic rings. The maximum atomic E-state index is 9.01. The molecule has 0 fully saturated rings. The van der Waals surface area contributed by atoms with Gasteiger partial charge in [0.25, 0.3) is 0 Å². The van der Waals surface area contributed by atoms with Crippen LogP contribution in [0.4, 0.5) is 0 Å². The van der Waals surface area contributed by atoms with Crippen molar-refractivity contribution in [1.82, 2.24) is 4.57 Å². The molecule has 0 bridgehead atoms. The summed E-state index contributed by atoms with van der Waals surface area (Å²) >= 11 is 0. The Morgan fingerprint density at radius 3 is 2.27 bits per heavy atom. The van der Waals surface area contributed by atoms with Crippen LogP contribution in [-0.2, 0) is 32.7 Å². The summed E-state index contributed by atoms with van der Waals surface area (Å²) in [4.78, 5) is 0. The zero-order valence-electron chi connectivity index (χ0n) is 7.05. The largest absolute Gasteiger partial charge is 0.554 e. The van der Waals surface area contributed by atoms with Crippen LogP contribution in [0.1, 0.15) is 18.1 Å². The van der Waals surface area contributed by atoms with Crippen LogP contribution in [0.3, 0.4) is 0 Å². The van der Waals surface area contributed by atoms with E-state index in [9.17, 15) is 0 Å². The van der Waals surface area contributed by atoms with Gasteiger partial charge in [0.1, 0.15) is 0 Å². The molecule has 11 heavy (non-hydrogen) atoms. The SMILES string of the molecule is CC(=[N-])n1[c-]c(C)c(C)c1.[Y]. The minimum Gasteiger partial charge on any atom is -0.554 e. The summed E-state index contributed by atoms with van der Waals surface area (Å²) in [6.45, 7) is 5.59. The Morgan fingerprint density at radius 1 is 1.55 bits per heavy atom. The van der Waals surface area contributed by atoms with Gasteiger partial charge < -0.3 is 9.98 Å². The van der Waals surface area contributed by atoms with Gasteiger partial charge in [-0.05, 0) is 0 Å². The zero-order chi connectivity index (χ0) is 7.72. The Balaban J connectivity index is 0.000001000. The molecule has 0 aromatic carbocycles. The van der Waals surface area contributed by atoms with Gasteiger partial charge in [0.05, 0.1) is 0 Å². The number of nitrogens with zero attached hydrogens (tertiary/aromatic N) is 2. The van der Waals surface area contributed by atoms with E-state index in [1.54, 1.807) is 11.5 Å². The first-order chi connectivity index (χ1) is 4.61. The Kier molecular flexibility index (Phi) is 4.19. The van der Waals surface area contributed by atoms with Crippen molar-refractivity contribution < 1.29 is 32.7 Å². The molecule has 0 N–H and O–H groups in total. The van der Waals surface area contributed by atoms with Crippen LogP contribution < -0.4 is 0 Å². The molecule has 57 valence electrons. The molecule has 0 spiro atoms. The molecule has 1 aromatic rings. The molecule has 3 heteroatoms. The number of rotatable bonds is 0. The van der Waals surface area contributed by atoms with E-state index in [4.69, 9.17) is 5.41 Å². The predicted molar refractivity (Wildman–Crippen MR) is 42.2 cm³/mol. The van der Waals surface area contributed by atoms with Gasteiger partial charge in [-0.25, -0.2) is 0 Å². The van der Waals surface area contributed by atoms with E-state index in [1.807, 2.05) is 20.0 Å². The fraction of sp³-hybridized carbons (Fsp3) is 0.375. The Morgan fingerprint density at radius 2 is 2.09 bits per heavy atom. The summed E-state index contributed by atoms with van der Waals surface area (Å²) in [7, 11) is 0. The van der Waals surface area contributed by atoms with Gasteiger partial charge in [0, 0.05) is 32.7 Å². The van der Waals surface area contributed by atoms with Crippen LogP contribution in [-0.4, -0.2) is 10.4 Å². The second-order valence-corrected chi connectivity index (χ2v) is 2.47. The van der Waals surface area contributed by atoms with E-state index >= 15 is 0 Å². The van der Waals surface area contributed by atoms with Crippen LogP contribution in [0.15, 0.2) is 6.20 Å². The van der Waals surface area contributed by atoms with Crippen LogP contribution in [0, 0.1) is 20.0 Å². The molecule has 0 unspecified atom stereocenters. The summed E-state index contributed by atoms with van der Waals surface area (Å²) in [5.74, 6) is 0.260. The molecule has 1 radical (unpaired) electrons. The fourth-order valence-corrected chi connectivity index (χ4v) is 0.766. The molecule has 1 rings (SSSR count). The van der Waals surface area contributed by atoms with Gasteiger partial charge in [0.2, 0.25) is 0 Å². The van der Waals surface area contributed by atoms with E-state index in [-0.39, 0.29) is 38.5 Å². The van der Waals surface area contributed by atoms with Crippen LogP contribution >= 0.6 is 0 Å². The Bertz CT molecular complexity index is 244. The summed E-state index contributed by atoms with van der Waals surface area (Å²) in [6.07, 6.45) is 4.83. The van der Waals surface area contributed by atoms with Crippen LogP contribution in [0.2, 0.25) is 0 Å². The van der Waals surface area contributed by atoms with Gasteiger partial charge in [-0.1, -0.05) is 20.8 Å². The maximum absolute atomic E-state index is 9.01. The summed E-state index contributed by atoms with van der Waals surface area (Å²) in [5, 5.41) is 9.01. The topological polar surface area (TPSA) is 27.2 Å². The van der Waals surface area contributed by atoms with Crippen molar-refractivity contribution in [2.75, 3.05) is 0 Å². The van der Waals surface area contributed by atoms with Crippen molar-refractivity contribution in [3.05, 3.63) is 28.9 Å². The molecule has 0 amide bonds. The van der Waals surface area contributed by atoms with Gasteiger partial charge in [-0.2, -0.15) is 23.8 Å². The first kappa shape index (κ1) is 11.1. The monoisotopic (exact) mass is 223 g/mol. The number of hydrogen-bond donors (Lipinski definition) is 0. The molecule has 0 atom stereocenters.